The molecule has 1 aromatic heterocycles. The van der Waals surface area contributed by atoms with Gasteiger partial charge in [-0.1, -0.05) is 32.9 Å². The molecule has 0 saturated heterocycles. The molecular weight excluding hydrogens is 349 g/mol. The van der Waals surface area contributed by atoms with Crippen molar-refractivity contribution in [2.75, 3.05) is 6.54 Å². The average molecular weight is 372 g/mol. The predicted octanol–water partition coefficient (Wildman–Crippen LogP) is 3.72. The maximum Gasteiger partial charge on any atom is 0.271 e. The van der Waals surface area contributed by atoms with Crippen LogP contribution in [0.3, 0.4) is 0 Å². The maximum atomic E-state index is 13.1. The Balaban J connectivity index is 0.00000288. The van der Waals surface area contributed by atoms with Crippen LogP contribution >= 0.6 is 23.7 Å². The van der Waals surface area contributed by atoms with Crippen molar-refractivity contribution in [1.82, 2.24) is 10.3 Å². The van der Waals surface area contributed by atoms with Gasteiger partial charge < -0.3 is 11.1 Å². The quantitative estimate of drug-likeness (QED) is 0.841. The van der Waals surface area contributed by atoms with Gasteiger partial charge in [0, 0.05) is 11.8 Å². The minimum absolute atomic E-state index is 0. The van der Waals surface area contributed by atoms with Gasteiger partial charge in [0.05, 0.1) is 11.0 Å². The molecule has 24 heavy (non-hydrogen) atoms. The molecule has 0 radical (unpaired) electrons. The van der Waals surface area contributed by atoms with E-state index in [0.29, 0.717) is 18.7 Å². The van der Waals surface area contributed by atoms with E-state index in [2.05, 4.69) is 10.3 Å². The molecule has 4 nitrogen and oxygen atoms in total. The molecule has 1 aromatic carbocycles. The Morgan fingerprint density at radius 1 is 1.33 bits per heavy atom. The van der Waals surface area contributed by atoms with Gasteiger partial charge in [0.2, 0.25) is 0 Å². The van der Waals surface area contributed by atoms with Crippen molar-refractivity contribution in [3.8, 4) is 0 Å². The molecule has 7 heteroatoms. The van der Waals surface area contributed by atoms with Crippen LogP contribution in [0.4, 0.5) is 4.39 Å². The summed E-state index contributed by atoms with van der Waals surface area (Å²) in [5.41, 5.74) is 6.55. The van der Waals surface area contributed by atoms with Crippen molar-refractivity contribution in [2.24, 2.45) is 11.1 Å². The van der Waals surface area contributed by atoms with E-state index in [-0.39, 0.29) is 35.6 Å². The number of carbonyl (C=O) groups excluding carboxylic acids is 1. The number of rotatable bonds is 5. The first-order valence-electron chi connectivity index (χ1n) is 7.52. The molecule has 0 aliphatic heterocycles. The van der Waals surface area contributed by atoms with Gasteiger partial charge in [0.1, 0.15) is 11.5 Å². The summed E-state index contributed by atoms with van der Waals surface area (Å²) >= 11 is 1.43. The summed E-state index contributed by atoms with van der Waals surface area (Å²) in [5.74, 6) is -0.521. The van der Waals surface area contributed by atoms with Crippen LogP contribution in [0.1, 0.15) is 47.9 Å². The molecule has 1 amide bonds. The highest BCUT2D eigenvalue weighted by Crippen LogP contribution is 2.33. The van der Waals surface area contributed by atoms with Crippen molar-refractivity contribution >= 4 is 29.7 Å². The SMILES string of the molecule is CC(C)(C)C(NC(=O)c1csc(CCN)n1)c1ccc(F)cc1.Cl. The molecule has 0 spiro atoms. The summed E-state index contributed by atoms with van der Waals surface area (Å²) in [6.07, 6.45) is 0.665. The fraction of sp³-hybridized carbons (Fsp3) is 0.412. The lowest BCUT2D eigenvalue weighted by atomic mass is 9.82. The van der Waals surface area contributed by atoms with E-state index in [1.807, 2.05) is 20.8 Å². The number of nitrogens with zero attached hydrogens (tertiary/aromatic N) is 1. The molecule has 0 fully saturated rings. The molecule has 1 heterocycles. The van der Waals surface area contributed by atoms with Crippen molar-refractivity contribution in [3.05, 3.63) is 51.7 Å². The second-order valence-electron chi connectivity index (χ2n) is 6.49. The summed E-state index contributed by atoms with van der Waals surface area (Å²) < 4.78 is 13.1. The zero-order valence-corrected chi connectivity index (χ0v) is 15.6. The summed E-state index contributed by atoms with van der Waals surface area (Å²) in [6, 6.07) is 5.97. The fourth-order valence-corrected chi connectivity index (χ4v) is 3.11. The first-order chi connectivity index (χ1) is 10.8. The summed E-state index contributed by atoms with van der Waals surface area (Å²) in [7, 11) is 0. The standard InChI is InChI=1S/C17H22FN3OS.ClH/c1-17(2,3)15(11-4-6-12(18)7-5-11)21-16(22)13-10-23-14(20-13)8-9-19;/h4-7,10,15H,8-9,19H2,1-3H3,(H,21,22);1H. The third-order valence-corrected chi connectivity index (χ3v) is 4.40. The molecule has 132 valence electrons. The summed E-state index contributed by atoms with van der Waals surface area (Å²) in [4.78, 5) is 16.8. The molecule has 1 atom stereocenters. The topological polar surface area (TPSA) is 68.0 Å². The van der Waals surface area contributed by atoms with Gasteiger partial charge in [-0.3, -0.25) is 4.79 Å². The number of hydrogen-bond acceptors (Lipinski definition) is 4. The third-order valence-electron chi connectivity index (χ3n) is 3.49. The van der Waals surface area contributed by atoms with E-state index in [0.717, 1.165) is 10.6 Å². The first-order valence-corrected chi connectivity index (χ1v) is 8.40. The van der Waals surface area contributed by atoms with Gasteiger partial charge in [-0.15, -0.1) is 23.7 Å². The number of benzene rings is 1. The lowest BCUT2D eigenvalue weighted by molar-refractivity contribution is 0.0897. The van der Waals surface area contributed by atoms with Crippen LogP contribution in [-0.2, 0) is 6.42 Å². The van der Waals surface area contributed by atoms with E-state index >= 15 is 0 Å². The molecule has 3 N–H and O–H groups in total. The minimum atomic E-state index is -0.293. The Morgan fingerprint density at radius 3 is 2.50 bits per heavy atom. The molecular formula is C17H23ClFN3OS. The number of carbonyl (C=O) groups is 1. The van der Waals surface area contributed by atoms with Gasteiger partial charge >= 0.3 is 0 Å². The fourth-order valence-electron chi connectivity index (χ4n) is 2.31. The zero-order valence-electron chi connectivity index (χ0n) is 14.0. The lowest BCUT2D eigenvalue weighted by Gasteiger charge is -2.31. The van der Waals surface area contributed by atoms with Crippen molar-refractivity contribution < 1.29 is 9.18 Å². The van der Waals surface area contributed by atoms with E-state index in [1.54, 1.807) is 17.5 Å². The van der Waals surface area contributed by atoms with Crippen LogP contribution in [0.15, 0.2) is 29.6 Å². The Kier molecular flexibility index (Phi) is 7.32. The monoisotopic (exact) mass is 371 g/mol. The highest BCUT2D eigenvalue weighted by molar-refractivity contribution is 7.09. The first kappa shape index (κ1) is 20.5. The highest BCUT2D eigenvalue weighted by Gasteiger charge is 2.28. The number of thiazole rings is 1. The van der Waals surface area contributed by atoms with Crippen LogP contribution in [0.5, 0.6) is 0 Å². The molecule has 0 saturated carbocycles. The van der Waals surface area contributed by atoms with E-state index in [9.17, 15) is 9.18 Å². The average Bonchev–Trinajstić information content (AvgIpc) is 2.94. The number of nitrogens with two attached hydrogens (primary N) is 1. The number of hydrogen-bond donors (Lipinski definition) is 2. The minimum Gasteiger partial charge on any atom is -0.343 e. The molecule has 0 aliphatic rings. The smallest absolute Gasteiger partial charge is 0.271 e. The van der Waals surface area contributed by atoms with Gasteiger partial charge in [-0.05, 0) is 29.7 Å². The Hall–Kier alpha value is -1.50. The number of halogens is 2. The van der Waals surface area contributed by atoms with Crippen LogP contribution in [-0.4, -0.2) is 17.4 Å². The molecule has 1 unspecified atom stereocenters. The number of nitrogens with one attached hydrogen (secondary N) is 1. The largest absolute Gasteiger partial charge is 0.343 e. The highest BCUT2D eigenvalue weighted by atomic mass is 35.5. The lowest BCUT2D eigenvalue weighted by Crippen LogP contribution is -2.36. The normalized spacial score (nSPS) is 12.4. The maximum absolute atomic E-state index is 13.1. The van der Waals surface area contributed by atoms with Gasteiger partial charge in [-0.2, -0.15) is 0 Å². The molecule has 2 aromatic rings. The molecule has 0 bridgehead atoms. The van der Waals surface area contributed by atoms with Gasteiger partial charge in [-0.25, -0.2) is 9.37 Å². The van der Waals surface area contributed by atoms with Crippen LogP contribution in [0.25, 0.3) is 0 Å². The van der Waals surface area contributed by atoms with Crippen molar-refractivity contribution in [3.63, 3.8) is 0 Å². The molecule has 0 aliphatic carbocycles. The van der Waals surface area contributed by atoms with E-state index in [1.165, 1.54) is 23.5 Å². The number of aromatic nitrogens is 1. The summed E-state index contributed by atoms with van der Waals surface area (Å²) in [6.45, 7) is 6.60. The van der Waals surface area contributed by atoms with E-state index in [4.69, 9.17) is 5.73 Å². The number of amides is 1. The second kappa shape index (κ2) is 8.55. The Morgan fingerprint density at radius 2 is 1.96 bits per heavy atom. The Labute approximate surface area is 152 Å². The van der Waals surface area contributed by atoms with Gasteiger partial charge in [0.15, 0.2) is 0 Å². The third kappa shape index (κ3) is 5.26. The van der Waals surface area contributed by atoms with Crippen LogP contribution in [0.2, 0.25) is 0 Å². The van der Waals surface area contributed by atoms with Crippen LogP contribution in [0, 0.1) is 11.2 Å². The van der Waals surface area contributed by atoms with E-state index < -0.39 is 0 Å². The van der Waals surface area contributed by atoms with Crippen molar-refractivity contribution in [1.29, 1.82) is 0 Å². The Bertz CT molecular complexity index is 667. The predicted molar refractivity (Wildman–Crippen MR) is 98.2 cm³/mol. The van der Waals surface area contributed by atoms with Crippen LogP contribution < -0.4 is 11.1 Å². The summed E-state index contributed by atoms with van der Waals surface area (Å²) in [5, 5.41) is 5.61. The zero-order chi connectivity index (χ0) is 17.0. The van der Waals surface area contributed by atoms with Gasteiger partial charge in [0.25, 0.3) is 5.91 Å². The van der Waals surface area contributed by atoms with Crippen molar-refractivity contribution in [2.45, 2.75) is 33.2 Å². The molecule has 2 rings (SSSR count). The second-order valence-corrected chi connectivity index (χ2v) is 7.43.